The van der Waals surface area contributed by atoms with Gasteiger partial charge in [0.1, 0.15) is 5.75 Å². The lowest BCUT2D eigenvalue weighted by atomic mass is 10.2. The van der Waals surface area contributed by atoms with Crippen molar-refractivity contribution >= 4 is 29.3 Å². The molecule has 0 saturated carbocycles. The van der Waals surface area contributed by atoms with Crippen LogP contribution in [0.3, 0.4) is 0 Å². The average Bonchev–Trinajstić information content (AvgIpc) is 2.65. The van der Waals surface area contributed by atoms with E-state index in [0.29, 0.717) is 0 Å². The zero-order valence-corrected chi connectivity index (χ0v) is 15.5. The molecule has 0 aliphatic rings. The van der Waals surface area contributed by atoms with Crippen LogP contribution in [0.15, 0.2) is 17.0 Å². The van der Waals surface area contributed by atoms with Crippen LogP contribution in [0.1, 0.15) is 10.4 Å². The molecule has 13 heteroatoms. The minimum Gasteiger partial charge on any atom is -0.483 e. The first kappa shape index (κ1) is 23.1. The molecule has 0 spiro atoms. The van der Waals surface area contributed by atoms with E-state index in [4.69, 9.17) is 11.6 Å². The molecule has 0 bridgehead atoms. The standard InChI is InChI=1S/C16H7ClF8O3S/c1-29-14-6(27-4-16(23,24)25)3-2-5(7(14)17)15(26)28-13-11(21)9(19)8(18)10(20)12(13)22/h2-3H,4H2,1H3. The maximum Gasteiger partial charge on any atom is 0.422 e. The largest absolute Gasteiger partial charge is 0.483 e. The number of carbonyl (C=O) groups is 1. The van der Waals surface area contributed by atoms with E-state index in [0.717, 1.165) is 23.9 Å². The fraction of sp³-hybridized carbons (Fsp3) is 0.188. The number of thioether (sulfide) groups is 1. The molecule has 0 N–H and O–H groups in total. The molecule has 2 aromatic rings. The summed E-state index contributed by atoms with van der Waals surface area (Å²) < 4.78 is 112. The average molecular weight is 467 g/mol. The Labute approximate surface area is 166 Å². The van der Waals surface area contributed by atoms with Gasteiger partial charge in [-0.05, 0) is 18.4 Å². The van der Waals surface area contributed by atoms with E-state index in [1.165, 1.54) is 6.26 Å². The maximum atomic E-state index is 13.6. The topological polar surface area (TPSA) is 35.5 Å². The van der Waals surface area contributed by atoms with E-state index in [9.17, 15) is 39.9 Å². The quantitative estimate of drug-likeness (QED) is 0.137. The highest BCUT2D eigenvalue weighted by molar-refractivity contribution is 7.98. The predicted octanol–water partition coefficient (Wildman–Crippen LogP) is 5.92. The van der Waals surface area contributed by atoms with Crippen LogP contribution in [-0.2, 0) is 0 Å². The lowest BCUT2D eigenvalue weighted by Gasteiger charge is -2.15. The number of alkyl halides is 3. The van der Waals surface area contributed by atoms with Gasteiger partial charge in [-0.1, -0.05) is 11.6 Å². The molecule has 0 atom stereocenters. The summed E-state index contributed by atoms with van der Waals surface area (Å²) in [4.78, 5) is 12.0. The summed E-state index contributed by atoms with van der Waals surface area (Å²) in [7, 11) is 0. The molecule has 0 unspecified atom stereocenters. The summed E-state index contributed by atoms with van der Waals surface area (Å²) in [6.45, 7) is -1.66. The van der Waals surface area contributed by atoms with Crippen LogP contribution in [0, 0.1) is 29.1 Å². The number of hydrogen-bond acceptors (Lipinski definition) is 4. The highest BCUT2D eigenvalue weighted by Gasteiger charge is 2.31. The van der Waals surface area contributed by atoms with E-state index in [2.05, 4.69) is 9.47 Å². The van der Waals surface area contributed by atoms with Gasteiger partial charge in [0, 0.05) is 0 Å². The Balaban J connectivity index is 2.40. The van der Waals surface area contributed by atoms with Gasteiger partial charge < -0.3 is 9.47 Å². The third-order valence-electron chi connectivity index (χ3n) is 3.24. The minimum absolute atomic E-state index is 0.150. The summed E-state index contributed by atoms with van der Waals surface area (Å²) in [5.74, 6) is -15.7. The molecule has 0 radical (unpaired) electrons. The van der Waals surface area contributed by atoms with E-state index in [-0.39, 0.29) is 10.6 Å². The van der Waals surface area contributed by atoms with Crippen LogP contribution < -0.4 is 9.47 Å². The summed E-state index contributed by atoms with van der Waals surface area (Å²) in [5, 5.41) is -0.508. The van der Waals surface area contributed by atoms with Crippen LogP contribution in [-0.4, -0.2) is 25.0 Å². The van der Waals surface area contributed by atoms with Crippen molar-refractivity contribution in [3.05, 3.63) is 51.8 Å². The molecule has 0 fully saturated rings. The maximum absolute atomic E-state index is 13.6. The van der Waals surface area contributed by atoms with E-state index in [1.54, 1.807) is 0 Å². The summed E-state index contributed by atoms with van der Waals surface area (Å²) in [6, 6.07) is 1.71. The van der Waals surface area contributed by atoms with E-state index >= 15 is 0 Å². The number of hydrogen-bond donors (Lipinski definition) is 0. The van der Waals surface area contributed by atoms with Crippen molar-refractivity contribution in [3.8, 4) is 11.5 Å². The lowest BCUT2D eigenvalue weighted by Crippen LogP contribution is -2.20. The Hall–Kier alpha value is -2.21. The second-order valence-corrected chi connectivity index (χ2v) is 6.35. The first-order valence-corrected chi connectivity index (χ1v) is 8.79. The van der Waals surface area contributed by atoms with Crippen LogP contribution in [0.4, 0.5) is 35.1 Å². The third-order valence-corrected chi connectivity index (χ3v) is 4.56. The van der Waals surface area contributed by atoms with Crippen LogP contribution in [0.25, 0.3) is 0 Å². The third kappa shape index (κ3) is 4.86. The number of rotatable bonds is 5. The molecule has 0 heterocycles. The number of halogens is 9. The van der Waals surface area contributed by atoms with Gasteiger partial charge in [0.25, 0.3) is 0 Å². The van der Waals surface area contributed by atoms with Gasteiger partial charge in [-0.3, -0.25) is 0 Å². The number of esters is 1. The predicted molar refractivity (Wildman–Crippen MR) is 86.0 cm³/mol. The van der Waals surface area contributed by atoms with Gasteiger partial charge >= 0.3 is 12.1 Å². The van der Waals surface area contributed by atoms with Crippen LogP contribution in [0.5, 0.6) is 11.5 Å². The molecular formula is C16H7ClF8O3S. The Bertz CT molecular complexity index is 935. The van der Waals surface area contributed by atoms with E-state index < -0.39 is 64.2 Å². The number of ether oxygens (including phenoxy) is 2. The minimum atomic E-state index is -4.66. The Morgan fingerprint density at radius 3 is 2.00 bits per heavy atom. The summed E-state index contributed by atoms with van der Waals surface area (Å²) in [6.07, 6.45) is -3.29. The number of benzene rings is 2. The number of carbonyl (C=O) groups excluding carboxylic acids is 1. The van der Waals surface area contributed by atoms with Gasteiger partial charge in [-0.15, -0.1) is 11.8 Å². The zero-order valence-electron chi connectivity index (χ0n) is 13.9. The molecule has 158 valence electrons. The van der Waals surface area contributed by atoms with Gasteiger partial charge in [0.15, 0.2) is 6.61 Å². The fourth-order valence-electron chi connectivity index (χ4n) is 1.98. The summed E-state index contributed by atoms with van der Waals surface area (Å²) >= 11 is 6.69. The first-order chi connectivity index (χ1) is 13.4. The van der Waals surface area contributed by atoms with Crippen molar-refractivity contribution in [1.29, 1.82) is 0 Å². The Morgan fingerprint density at radius 1 is 1.00 bits per heavy atom. The molecule has 0 aliphatic carbocycles. The SMILES string of the molecule is CSc1c(OCC(F)(F)F)ccc(C(=O)Oc2c(F)c(F)c(F)c(F)c2F)c1Cl. The Kier molecular flexibility index (Phi) is 6.89. The second kappa shape index (κ2) is 8.66. The van der Waals surface area contributed by atoms with Crippen molar-refractivity contribution in [1.82, 2.24) is 0 Å². The van der Waals surface area contributed by atoms with Crippen LogP contribution in [0.2, 0.25) is 5.02 Å². The molecule has 3 nitrogen and oxygen atoms in total. The summed E-state index contributed by atoms with van der Waals surface area (Å²) in [5.41, 5.74) is -0.612. The second-order valence-electron chi connectivity index (χ2n) is 5.15. The highest BCUT2D eigenvalue weighted by atomic mass is 35.5. The molecule has 0 aromatic heterocycles. The molecular weight excluding hydrogens is 460 g/mol. The molecule has 0 saturated heterocycles. The van der Waals surface area contributed by atoms with Crippen molar-refractivity contribution in [2.24, 2.45) is 0 Å². The zero-order chi connectivity index (χ0) is 22.1. The fourth-order valence-corrected chi connectivity index (χ4v) is 3.06. The van der Waals surface area contributed by atoms with Crippen molar-refractivity contribution in [2.75, 3.05) is 12.9 Å². The molecule has 0 aliphatic heterocycles. The van der Waals surface area contributed by atoms with Crippen molar-refractivity contribution in [2.45, 2.75) is 11.1 Å². The van der Waals surface area contributed by atoms with E-state index in [1.807, 2.05) is 0 Å². The van der Waals surface area contributed by atoms with Crippen LogP contribution >= 0.6 is 23.4 Å². The molecule has 2 rings (SSSR count). The Morgan fingerprint density at radius 2 is 1.52 bits per heavy atom. The molecule has 2 aromatic carbocycles. The van der Waals surface area contributed by atoms with Gasteiger partial charge in [0.05, 0.1) is 15.5 Å². The monoisotopic (exact) mass is 466 g/mol. The van der Waals surface area contributed by atoms with Crippen molar-refractivity contribution < 1.29 is 49.4 Å². The van der Waals surface area contributed by atoms with Gasteiger partial charge in [-0.25, -0.2) is 18.0 Å². The van der Waals surface area contributed by atoms with Gasteiger partial charge in [-0.2, -0.15) is 22.0 Å². The van der Waals surface area contributed by atoms with Crippen molar-refractivity contribution in [3.63, 3.8) is 0 Å². The van der Waals surface area contributed by atoms with Gasteiger partial charge in [0.2, 0.25) is 34.8 Å². The molecule has 29 heavy (non-hydrogen) atoms. The molecule has 0 amide bonds. The smallest absolute Gasteiger partial charge is 0.422 e. The highest BCUT2D eigenvalue weighted by Crippen LogP contribution is 2.38. The lowest BCUT2D eigenvalue weighted by molar-refractivity contribution is -0.153. The normalized spacial score (nSPS) is 11.5. The first-order valence-electron chi connectivity index (χ1n) is 7.18.